The number of hydrogen-bond donors (Lipinski definition) is 2. The van der Waals surface area contributed by atoms with Crippen molar-refractivity contribution in [3.8, 4) is 11.5 Å². The summed E-state index contributed by atoms with van der Waals surface area (Å²) in [7, 11) is 0. The lowest BCUT2D eigenvalue weighted by molar-refractivity contribution is -0.145. The van der Waals surface area contributed by atoms with Gasteiger partial charge < -0.3 is 19.7 Å². The quantitative estimate of drug-likeness (QED) is 0.365. The Morgan fingerprint density at radius 1 is 0.931 bits per heavy atom. The number of aliphatic carboxylic acids is 1. The van der Waals surface area contributed by atoms with Crippen molar-refractivity contribution < 1.29 is 51.2 Å². The lowest BCUT2D eigenvalue weighted by Crippen LogP contribution is -2.28. The summed E-state index contributed by atoms with van der Waals surface area (Å²) in [6, 6.07) is 3.16. The second-order valence-corrected chi connectivity index (χ2v) is 5.65. The summed E-state index contributed by atoms with van der Waals surface area (Å²) in [5.74, 6) is -13.2. The number of hydrogen-bond acceptors (Lipinski definition) is 4. The molecule has 0 saturated heterocycles. The van der Waals surface area contributed by atoms with E-state index in [1.165, 1.54) is 0 Å². The molecule has 0 bridgehead atoms. The van der Waals surface area contributed by atoms with Crippen LogP contribution in [0.3, 0.4) is 0 Å². The van der Waals surface area contributed by atoms with Crippen molar-refractivity contribution in [2.45, 2.75) is 18.9 Å². The zero-order chi connectivity index (χ0) is 21.7. The van der Waals surface area contributed by atoms with Gasteiger partial charge in [0, 0.05) is 0 Å². The molecule has 0 aliphatic heterocycles. The maximum absolute atomic E-state index is 13.9. The molecule has 2 aromatic rings. The third-order valence-electron chi connectivity index (χ3n) is 3.66. The molecule has 0 aliphatic rings. The largest absolute Gasteiger partial charge is 0.488 e. The minimum Gasteiger partial charge on any atom is -0.488 e. The van der Waals surface area contributed by atoms with Crippen molar-refractivity contribution in [3.05, 3.63) is 58.9 Å². The molecule has 0 radical (unpaired) electrons. The van der Waals surface area contributed by atoms with Gasteiger partial charge in [0.1, 0.15) is 5.56 Å². The molecule has 11 heteroatoms. The Kier molecular flexibility index (Phi) is 6.97. The van der Waals surface area contributed by atoms with Gasteiger partial charge in [-0.3, -0.25) is 0 Å². The van der Waals surface area contributed by atoms with Gasteiger partial charge in [0.2, 0.25) is 5.82 Å². The molecule has 1 unspecified atom stereocenters. The Labute approximate surface area is 160 Å². The Hall–Kier alpha value is -3.37. The zero-order valence-corrected chi connectivity index (χ0v) is 14.4. The molecular formula is C18H13F5O6. The van der Waals surface area contributed by atoms with E-state index in [4.69, 9.17) is 14.9 Å². The lowest BCUT2D eigenvalue weighted by atomic mass is 10.1. The van der Waals surface area contributed by atoms with Crippen LogP contribution in [0.2, 0.25) is 0 Å². The minimum absolute atomic E-state index is 0.152. The molecule has 0 aliphatic carbocycles. The SMILES string of the molecule is O=C(O)c1cc(F)c(OC(CCCOc2c(F)cccc2F)C(=O)O)c(F)c1F. The lowest BCUT2D eigenvalue weighted by Gasteiger charge is -2.17. The highest BCUT2D eigenvalue weighted by Crippen LogP contribution is 2.28. The number of benzene rings is 2. The number of carboxylic acids is 2. The normalized spacial score (nSPS) is 11.8. The molecular weight excluding hydrogens is 407 g/mol. The molecule has 0 amide bonds. The summed E-state index contributed by atoms with van der Waals surface area (Å²) in [5, 5.41) is 17.8. The van der Waals surface area contributed by atoms with Crippen LogP contribution in [0.1, 0.15) is 23.2 Å². The highest BCUT2D eigenvalue weighted by Gasteiger charge is 2.28. The van der Waals surface area contributed by atoms with E-state index in [0.29, 0.717) is 0 Å². The van der Waals surface area contributed by atoms with E-state index in [0.717, 1.165) is 18.2 Å². The first-order chi connectivity index (χ1) is 13.6. The Balaban J connectivity index is 2.07. The number of aromatic carboxylic acids is 1. The molecule has 1 atom stereocenters. The third-order valence-corrected chi connectivity index (χ3v) is 3.66. The number of para-hydroxylation sites is 1. The number of carbonyl (C=O) groups is 2. The average molecular weight is 420 g/mol. The summed E-state index contributed by atoms with van der Waals surface area (Å²) in [6.45, 7) is -0.359. The van der Waals surface area contributed by atoms with E-state index in [1.54, 1.807) is 0 Å². The monoisotopic (exact) mass is 420 g/mol. The first-order valence-corrected chi connectivity index (χ1v) is 8.00. The van der Waals surface area contributed by atoms with Gasteiger partial charge in [-0.25, -0.2) is 27.2 Å². The number of halogens is 5. The molecule has 156 valence electrons. The average Bonchev–Trinajstić information content (AvgIpc) is 2.64. The maximum Gasteiger partial charge on any atom is 0.344 e. The van der Waals surface area contributed by atoms with Crippen molar-refractivity contribution >= 4 is 11.9 Å². The van der Waals surface area contributed by atoms with Gasteiger partial charge in [0.15, 0.2) is 40.9 Å². The van der Waals surface area contributed by atoms with Crippen molar-refractivity contribution in [2.24, 2.45) is 0 Å². The molecule has 2 N–H and O–H groups in total. The van der Waals surface area contributed by atoms with Crippen LogP contribution in [-0.2, 0) is 4.79 Å². The van der Waals surface area contributed by atoms with Gasteiger partial charge in [-0.15, -0.1) is 0 Å². The van der Waals surface area contributed by atoms with Crippen LogP contribution in [0, 0.1) is 29.1 Å². The first kappa shape index (κ1) is 21.9. The van der Waals surface area contributed by atoms with E-state index in [-0.39, 0.29) is 19.1 Å². The Bertz CT molecular complexity index is 913. The maximum atomic E-state index is 13.9. The topological polar surface area (TPSA) is 93.1 Å². The molecule has 0 fully saturated rings. The van der Waals surface area contributed by atoms with Gasteiger partial charge >= 0.3 is 11.9 Å². The van der Waals surface area contributed by atoms with Crippen LogP contribution in [0.5, 0.6) is 11.5 Å². The third kappa shape index (κ3) is 5.12. The van der Waals surface area contributed by atoms with Crippen molar-refractivity contribution in [3.63, 3.8) is 0 Å². The minimum atomic E-state index is -2.00. The Morgan fingerprint density at radius 2 is 1.55 bits per heavy atom. The highest BCUT2D eigenvalue weighted by molar-refractivity contribution is 5.88. The van der Waals surface area contributed by atoms with Crippen molar-refractivity contribution in [1.82, 2.24) is 0 Å². The fourth-order valence-corrected chi connectivity index (χ4v) is 2.28. The van der Waals surface area contributed by atoms with Crippen molar-refractivity contribution in [1.29, 1.82) is 0 Å². The van der Waals surface area contributed by atoms with E-state index in [9.17, 15) is 31.5 Å². The van der Waals surface area contributed by atoms with Crippen LogP contribution in [0.4, 0.5) is 22.0 Å². The first-order valence-electron chi connectivity index (χ1n) is 8.00. The molecule has 29 heavy (non-hydrogen) atoms. The van der Waals surface area contributed by atoms with Crippen LogP contribution in [-0.4, -0.2) is 34.9 Å². The smallest absolute Gasteiger partial charge is 0.344 e. The van der Waals surface area contributed by atoms with Gasteiger partial charge in [-0.1, -0.05) is 6.07 Å². The Morgan fingerprint density at radius 3 is 2.10 bits per heavy atom. The summed E-state index contributed by atoms with van der Waals surface area (Å²) in [5.41, 5.74) is -1.29. The standard InChI is InChI=1S/C18H13F5O6/c19-9-3-1-4-10(20)15(9)28-6-2-5-12(18(26)27)29-16-11(21)7-8(17(24)25)13(22)14(16)23/h1,3-4,7,12H,2,5-6H2,(H,24,25)(H,26,27). The molecule has 0 aromatic heterocycles. The van der Waals surface area contributed by atoms with E-state index in [2.05, 4.69) is 4.74 Å². The molecule has 0 heterocycles. The van der Waals surface area contributed by atoms with Crippen molar-refractivity contribution in [2.75, 3.05) is 6.61 Å². The molecule has 6 nitrogen and oxygen atoms in total. The summed E-state index contributed by atoms with van der Waals surface area (Å²) >= 11 is 0. The second-order valence-electron chi connectivity index (χ2n) is 5.65. The molecule has 0 saturated carbocycles. The van der Waals surface area contributed by atoms with Gasteiger partial charge in [-0.05, 0) is 31.0 Å². The van der Waals surface area contributed by atoms with Gasteiger partial charge in [0.05, 0.1) is 6.61 Å². The fraction of sp³-hybridized carbons (Fsp3) is 0.222. The summed E-state index contributed by atoms with van der Waals surface area (Å²) < 4.78 is 77.9. The number of ether oxygens (including phenoxy) is 2. The highest BCUT2D eigenvalue weighted by atomic mass is 19.2. The second kappa shape index (κ2) is 9.22. The van der Waals surface area contributed by atoms with Crippen LogP contribution >= 0.6 is 0 Å². The molecule has 2 aromatic carbocycles. The predicted octanol–water partition coefficient (Wildman–Crippen LogP) is 3.77. The van der Waals surface area contributed by atoms with Crippen LogP contribution in [0.25, 0.3) is 0 Å². The summed E-state index contributed by atoms with van der Waals surface area (Å²) in [4.78, 5) is 22.0. The van der Waals surface area contributed by atoms with E-state index < -0.39 is 70.6 Å². The molecule has 2 rings (SSSR count). The van der Waals surface area contributed by atoms with Crippen LogP contribution < -0.4 is 9.47 Å². The van der Waals surface area contributed by atoms with E-state index in [1.807, 2.05) is 0 Å². The fourth-order valence-electron chi connectivity index (χ4n) is 2.28. The molecule has 0 spiro atoms. The number of rotatable bonds is 9. The van der Waals surface area contributed by atoms with Gasteiger partial charge in [-0.2, -0.15) is 4.39 Å². The zero-order valence-electron chi connectivity index (χ0n) is 14.4. The van der Waals surface area contributed by atoms with Crippen LogP contribution in [0.15, 0.2) is 24.3 Å². The summed E-state index contributed by atoms with van der Waals surface area (Å²) in [6.07, 6.45) is -2.46. The predicted molar refractivity (Wildman–Crippen MR) is 86.4 cm³/mol. The van der Waals surface area contributed by atoms with E-state index >= 15 is 0 Å². The van der Waals surface area contributed by atoms with Gasteiger partial charge in [0.25, 0.3) is 0 Å². The number of carboxylic acid groups (broad SMARTS) is 2.